The highest BCUT2D eigenvalue weighted by atomic mass is 35.5. The first-order chi connectivity index (χ1) is 16.0. The predicted octanol–water partition coefficient (Wildman–Crippen LogP) is 5.84. The Kier molecular flexibility index (Phi) is 6.66. The van der Waals surface area contributed by atoms with Crippen molar-refractivity contribution in [2.75, 3.05) is 18.5 Å². The van der Waals surface area contributed by atoms with Crippen molar-refractivity contribution in [3.8, 4) is 22.8 Å². The number of amides is 1. The third kappa shape index (κ3) is 5.02. The molecule has 0 saturated heterocycles. The van der Waals surface area contributed by atoms with E-state index in [1.54, 1.807) is 54.6 Å². The third-order valence-electron chi connectivity index (χ3n) is 4.92. The number of ether oxygens (including phenoxy) is 2. The molecule has 0 spiro atoms. The number of para-hydroxylation sites is 2. The minimum atomic E-state index is -0.437. The van der Waals surface area contributed by atoms with Gasteiger partial charge in [-0.05, 0) is 62.4 Å². The Morgan fingerprint density at radius 1 is 1.03 bits per heavy atom. The number of benzene rings is 3. The van der Waals surface area contributed by atoms with Gasteiger partial charge in [0, 0.05) is 10.6 Å². The Morgan fingerprint density at radius 3 is 2.55 bits per heavy atom. The fraction of sp³-hybridized carbons (Fsp3) is 0.154. The third-order valence-corrected chi connectivity index (χ3v) is 5.17. The van der Waals surface area contributed by atoms with Gasteiger partial charge in [0.25, 0.3) is 5.91 Å². The van der Waals surface area contributed by atoms with Crippen LogP contribution in [0.25, 0.3) is 22.3 Å². The van der Waals surface area contributed by atoms with Crippen molar-refractivity contribution >= 4 is 34.2 Å². The quantitative estimate of drug-likeness (QED) is 0.372. The van der Waals surface area contributed by atoms with E-state index in [0.717, 1.165) is 5.56 Å². The van der Waals surface area contributed by atoms with Gasteiger partial charge in [-0.2, -0.15) is 0 Å². The van der Waals surface area contributed by atoms with E-state index in [4.69, 9.17) is 25.5 Å². The molecule has 1 aromatic heterocycles. The smallest absolute Gasteiger partial charge is 0.262 e. The van der Waals surface area contributed by atoms with Gasteiger partial charge in [-0.15, -0.1) is 0 Å². The first-order valence-electron chi connectivity index (χ1n) is 10.4. The lowest BCUT2D eigenvalue weighted by molar-refractivity contribution is -0.118. The molecule has 4 aromatic rings. The second-order valence-corrected chi connectivity index (χ2v) is 7.80. The number of anilines is 1. The van der Waals surface area contributed by atoms with E-state index in [1.807, 2.05) is 26.0 Å². The van der Waals surface area contributed by atoms with Gasteiger partial charge >= 0.3 is 0 Å². The van der Waals surface area contributed by atoms with Crippen LogP contribution in [0.1, 0.15) is 12.5 Å². The summed E-state index contributed by atoms with van der Waals surface area (Å²) in [6, 6.07) is 19.3. The molecule has 1 heterocycles. The highest BCUT2D eigenvalue weighted by molar-refractivity contribution is 6.30. The van der Waals surface area contributed by atoms with E-state index in [2.05, 4.69) is 5.32 Å². The zero-order valence-corrected chi connectivity index (χ0v) is 18.9. The van der Waals surface area contributed by atoms with Crippen molar-refractivity contribution < 1.29 is 18.7 Å². The Labute approximate surface area is 195 Å². The molecule has 0 radical (unpaired) electrons. The summed E-state index contributed by atoms with van der Waals surface area (Å²) >= 11 is 6.01. The van der Waals surface area contributed by atoms with Gasteiger partial charge in [-0.25, -0.2) is 0 Å². The first-order valence-corrected chi connectivity index (χ1v) is 10.8. The van der Waals surface area contributed by atoms with Crippen LogP contribution in [0.4, 0.5) is 5.69 Å². The van der Waals surface area contributed by atoms with Crippen molar-refractivity contribution in [3.63, 3.8) is 0 Å². The van der Waals surface area contributed by atoms with Crippen LogP contribution in [-0.4, -0.2) is 19.1 Å². The number of hydrogen-bond acceptors (Lipinski definition) is 5. The normalized spacial score (nSPS) is 10.8. The number of aryl methyl sites for hydroxylation is 1. The van der Waals surface area contributed by atoms with Crippen LogP contribution in [0.3, 0.4) is 0 Å². The molecule has 1 amide bonds. The maximum atomic E-state index is 13.3. The Balaban J connectivity index is 1.67. The molecule has 4 rings (SSSR count). The zero-order valence-electron chi connectivity index (χ0n) is 18.2. The molecular formula is C26H22ClNO5. The number of hydrogen-bond donors (Lipinski definition) is 1. The molecular weight excluding hydrogens is 442 g/mol. The molecule has 168 valence electrons. The highest BCUT2D eigenvalue weighted by Crippen LogP contribution is 2.32. The largest absolute Gasteiger partial charge is 0.492 e. The minimum absolute atomic E-state index is 0.0383. The average Bonchev–Trinajstić information content (AvgIpc) is 2.81. The molecule has 0 aliphatic carbocycles. The topological polar surface area (TPSA) is 77.8 Å². The molecule has 3 aromatic carbocycles. The zero-order chi connectivity index (χ0) is 23.4. The van der Waals surface area contributed by atoms with Gasteiger partial charge in [0.2, 0.25) is 11.2 Å². The van der Waals surface area contributed by atoms with Gasteiger partial charge in [-0.3, -0.25) is 9.59 Å². The molecule has 0 bridgehead atoms. The lowest BCUT2D eigenvalue weighted by atomic mass is 10.1. The summed E-state index contributed by atoms with van der Waals surface area (Å²) in [4.78, 5) is 25.9. The van der Waals surface area contributed by atoms with Crippen LogP contribution >= 0.6 is 11.6 Å². The SMILES string of the molecule is CCOc1ccccc1NC(=O)COc1c(-c2ccc(Cl)cc2)oc2ccc(C)cc2c1=O. The average molecular weight is 464 g/mol. The van der Waals surface area contributed by atoms with E-state index >= 15 is 0 Å². The van der Waals surface area contributed by atoms with Crippen molar-refractivity contribution in [2.24, 2.45) is 0 Å². The van der Waals surface area contributed by atoms with Gasteiger partial charge in [-0.1, -0.05) is 35.4 Å². The Bertz CT molecular complexity index is 1360. The number of carbonyl (C=O) groups excluding carboxylic acids is 1. The molecule has 0 saturated carbocycles. The molecule has 0 fully saturated rings. The standard InChI is InChI=1S/C26H22ClNO5/c1-3-31-22-7-5-4-6-20(22)28-23(29)15-32-26-24(30)19-14-16(2)8-13-21(19)33-25(26)17-9-11-18(27)12-10-17/h4-14H,3,15H2,1-2H3,(H,28,29). The van der Waals surface area contributed by atoms with E-state index < -0.39 is 5.91 Å². The van der Waals surface area contributed by atoms with E-state index in [-0.39, 0.29) is 23.5 Å². The van der Waals surface area contributed by atoms with Gasteiger partial charge in [0.15, 0.2) is 12.4 Å². The second kappa shape index (κ2) is 9.79. The monoisotopic (exact) mass is 463 g/mol. The van der Waals surface area contributed by atoms with Crippen molar-refractivity contribution in [3.05, 3.63) is 87.5 Å². The molecule has 33 heavy (non-hydrogen) atoms. The van der Waals surface area contributed by atoms with Crippen molar-refractivity contribution in [1.29, 1.82) is 0 Å². The lowest BCUT2D eigenvalue weighted by Crippen LogP contribution is -2.23. The van der Waals surface area contributed by atoms with E-state index in [1.165, 1.54) is 0 Å². The predicted molar refractivity (Wildman–Crippen MR) is 129 cm³/mol. The summed E-state index contributed by atoms with van der Waals surface area (Å²) < 4.78 is 17.3. The maximum Gasteiger partial charge on any atom is 0.262 e. The Morgan fingerprint density at radius 2 is 1.79 bits per heavy atom. The molecule has 6 nitrogen and oxygen atoms in total. The van der Waals surface area contributed by atoms with Crippen molar-refractivity contribution in [1.82, 2.24) is 0 Å². The fourth-order valence-corrected chi connectivity index (χ4v) is 3.52. The molecule has 0 unspecified atom stereocenters. The van der Waals surface area contributed by atoms with Gasteiger partial charge < -0.3 is 19.2 Å². The van der Waals surface area contributed by atoms with E-state index in [9.17, 15) is 9.59 Å². The molecule has 7 heteroatoms. The summed E-state index contributed by atoms with van der Waals surface area (Å²) in [6.07, 6.45) is 0. The first kappa shape index (κ1) is 22.4. The van der Waals surface area contributed by atoms with E-state index in [0.29, 0.717) is 39.6 Å². The Hall–Kier alpha value is -3.77. The maximum absolute atomic E-state index is 13.3. The summed E-state index contributed by atoms with van der Waals surface area (Å²) in [5.74, 6) is 0.308. The van der Waals surface area contributed by atoms with Crippen LogP contribution in [0.2, 0.25) is 5.02 Å². The number of fused-ring (bicyclic) bond motifs is 1. The van der Waals surface area contributed by atoms with Gasteiger partial charge in [0.05, 0.1) is 17.7 Å². The highest BCUT2D eigenvalue weighted by Gasteiger charge is 2.19. The molecule has 0 aliphatic rings. The van der Waals surface area contributed by atoms with Crippen LogP contribution in [0, 0.1) is 6.92 Å². The summed E-state index contributed by atoms with van der Waals surface area (Å²) in [5.41, 5.74) is 2.11. The number of rotatable bonds is 7. The minimum Gasteiger partial charge on any atom is -0.492 e. The molecule has 0 atom stereocenters. The summed E-state index contributed by atoms with van der Waals surface area (Å²) in [7, 11) is 0. The fourth-order valence-electron chi connectivity index (χ4n) is 3.39. The van der Waals surface area contributed by atoms with Gasteiger partial charge in [0.1, 0.15) is 11.3 Å². The van der Waals surface area contributed by atoms with Crippen LogP contribution < -0.4 is 20.2 Å². The second-order valence-electron chi connectivity index (χ2n) is 7.36. The number of nitrogens with one attached hydrogen (secondary N) is 1. The van der Waals surface area contributed by atoms with Crippen molar-refractivity contribution in [2.45, 2.75) is 13.8 Å². The number of carbonyl (C=O) groups is 1. The summed E-state index contributed by atoms with van der Waals surface area (Å²) in [5, 5.41) is 3.69. The van der Waals surface area contributed by atoms with Crippen LogP contribution in [0.15, 0.2) is 75.9 Å². The molecule has 0 aliphatic heterocycles. The summed E-state index contributed by atoms with van der Waals surface area (Å²) in [6.45, 7) is 3.82. The number of halogens is 1. The molecule has 1 N–H and O–H groups in total. The van der Waals surface area contributed by atoms with Crippen LogP contribution in [-0.2, 0) is 4.79 Å². The lowest BCUT2D eigenvalue weighted by Gasteiger charge is -2.13. The van der Waals surface area contributed by atoms with Crippen LogP contribution in [0.5, 0.6) is 11.5 Å².